The van der Waals surface area contributed by atoms with Gasteiger partial charge in [0.05, 0.1) is 12.0 Å². The lowest BCUT2D eigenvalue weighted by Crippen LogP contribution is -2.19. The molecule has 2 aromatic carbocycles. The maximum atomic E-state index is 12.1. The van der Waals surface area contributed by atoms with Crippen LogP contribution in [-0.4, -0.2) is 32.6 Å². The second kappa shape index (κ2) is 10.7. The zero-order valence-corrected chi connectivity index (χ0v) is 18.2. The molecule has 148 valence electrons. The molecule has 0 bridgehead atoms. The summed E-state index contributed by atoms with van der Waals surface area (Å²) < 4.78 is 2.75. The fourth-order valence-electron chi connectivity index (χ4n) is 2.56. The van der Waals surface area contributed by atoms with E-state index in [1.165, 1.54) is 11.8 Å². The van der Waals surface area contributed by atoms with E-state index in [0.29, 0.717) is 5.16 Å². The number of hydrazone groups is 1. The molecule has 3 rings (SSSR count). The quantitative estimate of drug-likeness (QED) is 0.297. The van der Waals surface area contributed by atoms with Crippen molar-refractivity contribution >= 4 is 45.9 Å². The summed E-state index contributed by atoms with van der Waals surface area (Å²) in [6.45, 7) is 2.75. The molecule has 0 aliphatic heterocycles. The Morgan fingerprint density at radius 3 is 2.52 bits per heavy atom. The van der Waals surface area contributed by atoms with Crippen LogP contribution in [0.4, 0.5) is 0 Å². The highest BCUT2D eigenvalue weighted by Gasteiger charge is 2.14. The van der Waals surface area contributed by atoms with Crippen molar-refractivity contribution in [3.8, 4) is 11.4 Å². The number of hydrogen-bond donors (Lipinski definition) is 1. The van der Waals surface area contributed by atoms with Crippen molar-refractivity contribution in [1.29, 1.82) is 0 Å². The molecular formula is C21H20BrN5OS. The summed E-state index contributed by atoms with van der Waals surface area (Å²) in [5.74, 6) is 0.784. The van der Waals surface area contributed by atoms with Crippen LogP contribution in [0.2, 0.25) is 0 Å². The van der Waals surface area contributed by atoms with Gasteiger partial charge in [-0.3, -0.25) is 4.79 Å². The minimum atomic E-state index is -0.210. The lowest BCUT2D eigenvalue weighted by molar-refractivity contribution is -0.118. The Balaban J connectivity index is 1.54. The Morgan fingerprint density at radius 2 is 1.83 bits per heavy atom. The Hall–Kier alpha value is -2.71. The van der Waals surface area contributed by atoms with Gasteiger partial charge in [0.2, 0.25) is 0 Å². The Labute approximate surface area is 182 Å². The first-order valence-electron chi connectivity index (χ1n) is 9.03. The van der Waals surface area contributed by atoms with Crippen molar-refractivity contribution in [2.75, 3.05) is 5.75 Å². The normalized spacial score (nSPS) is 11.7. The summed E-state index contributed by atoms with van der Waals surface area (Å²) >= 11 is 4.75. The number of halogens is 1. The van der Waals surface area contributed by atoms with Gasteiger partial charge >= 0.3 is 0 Å². The second-order valence-electron chi connectivity index (χ2n) is 5.94. The van der Waals surface area contributed by atoms with Crippen molar-refractivity contribution in [1.82, 2.24) is 20.2 Å². The third-order valence-corrected chi connectivity index (χ3v) is 5.28. The van der Waals surface area contributed by atoms with Gasteiger partial charge in [-0.15, -0.1) is 10.2 Å². The van der Waals surface area contributed by atoms with Crippen LogP contribution in [0.15, 0.2) is 75.4 Å². The van der Waals surface area contributed by atoms with E-state index in [2.05, 4.69) is 36.7 Å². The fraction of sp³-hybridized carbons (Fsp3) is 0.143. The van der Waals surface area contributed by atoms with Gasteiger partial charge in [0.25, 0.3) is 5.91 Å². The lowest BCUT2D eigenvalue weighted by Gasteiger charge is -2.06. The molecule has 0 spiro atoms. The van der Waals surface area contributed by atoms with Crippen molar-refractivity contribution < 1.29 is 4.79 Å². The summed E-state index contributed by atoms with van der Waals surface area (Å²) in [5.41, 5.74) is 4.57. The maximum absolute atomic E-state index is 12.1. The predicted molar refractivity (Wildman–Crippen MR) is 122 cm³/mol. The van der Waals surface area contributed by atoms with E-state index in [-0.39, 0.29) is 11.7 Å². The highest BCUT2D eigenvalue weighted by atomic mass is 79.9. The van der Waals surface area contributed by atoms with Crippen LogP contribution in [0.3, 0.4) is 0 Å². The highest BCUT2D eigenvalue weighted by molar-refractivity contribution is 9.12. The summed E-state index contributed by atoms with van der Waals surface area (Å²) in [7, 11) is 0. The number of benzene rings is 2. The SMILES string of the molecule is CCn1c(SCC(=O)NN=CC(Br)=Cc2ccccc2)nnc1-c1ccccc1. The molecule has 1 N–H and O–H groups in total. The minimum Gasteiger partial charge on any atom is -0.302 e. The first kappa shape index (κ1) is 21.0. The van der Waals surface area contributed by atoms with E-state index in [4.69, 9.17) is 0 Å². The van der Waals surface area contributed by atoms with E-state index in [1.54, 1.807) is 6.21 Å². The number of hydrogen-bond acceptors (Lipinski definition) is 5. The molecule has 0 unspecified atom stereocenters. The standard InChI is InChI=1S/C21H20BrN5OS/c1-2-27-20(17-11-7-4-8-12-17)25-26-21(27)29-15-19(28)24-23-14-18(22)13-16-9-5-3-6-10-16/h3-14H,2,15H2,1H3,(H,24,28). The fourth-order valence-corrected chi connectivity index (χ4v) is 3.72. The number of allylic oxidation sites excluding steroid dienone is 1. The molecule has 0 atom stereocenters. The predicted octanol–water partition coefficient (Wildman–Crippen LogP) is 4.60. The van der Waals surface area contributed by atoms with Crippen LogP contribution in [0.25, 0.3) is 17.5 Å². The number of carbonyl (C=O) groups excluding carboxylic acids is 1. The molecule has 1 amide bonds. The molecule has 0 saturated heterocycles. The molecule has 6 nitrogen and oxygen atoms in total. The summed E-state index contributed by atoms with van der Waals surface area (Å²) in [4.78, 5) is 12.1. The van der Waals surface area contributed by atoms with Crippen molar-refractivity contribution in [2.24, 2.45) is 5.10 Å². The van der Waals surface area contributed by atoms with E-state index < -0.39 is 0 Å². The number of thioether (sulfide) groups is 1. The molecule has 0 aliphatic carbocycles. The molecular weight excluding hydrogens is 450 g/mol. The van der Waals surface area contributed by atoms with Gasteiger partial charge in [-0.05, 0) is 34.5 Å². The number of nitrogens with one attached hydrogen (secondary N) is 1. The molecule has 0 fully saturated rings. The van der Waals surface area contributed by atoms with Crippen LogP contribution in [0.5, 0.6) is 0 Å². The van der Waals surface area contributed by atoms with Crippen LogP contribution in [0.1, 0.15) is 12.5 Å². The smallest absolute Gasteiger partial charge is 0.250 e. The second-order valence-corrected chi connectivity index (χ2v) is 7.80. The van der Waals surface area contributed by atoms with Crippen molar-refractivity contribution in [3.63, 3.8) is 0 Å². The number of amides is 1. The van der Waals surface area contributed by atoms with Gasteiger partial charge in [-0.1, -0.05) is 72.4 Å². The minimum absolute atomic E-state index is 0.199. The number of rotatable bonds is 8. The average molecular weight is 470 g/mol. The lowest BCUT2D eigenvalue weighted by atomic mass is 10.2. The Kier molecular flexibility index (Phi) is 7.77. The van der Waals surface area contributed by atoms with Crippen LogP contribution in [-0.2, 0) is 11.3 Å². The molecule has 0 radical (unpaired) electrons. The van der Waals surface area contributed by atoms with E-state index in [0.717, 1.165) is 28.0 Å². The molecule has 1 aromatic heterocycles. The first-order chi connectivity index (χ1) is 14.2. The van der Waals surface area contributed by atoms with Crippen LogP contribution < -0.4 is 5.43 Å². The Bertz CT molecular complexity index is 1000. The van der Waals surface area contributed by atoms with Gasteiger partial charge in [0.1, 0.15) is 0 Å². The van der Waals surface area contributed by atoms with Crippen LogP contribution in [0, 0.1) is 0 Å². The summed E-state index contributed by atoms with van der Waals surface area (Å²) in [6, 6.07) is 19.7. The molecule has 29 heavy (non-hydrogen) atoms. The van der Waals surface area contributed by atoms with Gasteiger partial charge in [-0.2, -0.15) is 5.10 Å². The van der Waals surface area contributed by atoms with Gasteiger partial charge in [0, 0.05) is 16.6 Å². The van der Waals surface area contributed by atoms with Gasteiger partial charge in [-0.25, -0.2) is 5.43 Å². The molecule has 0 saturated carbocycles. The third-order valence-electron chi connectivity index (χ3n) is 3.88. The highest BCUT2D eigenvalue weighted by Crippen LogP contribution is 2.23. The van der Waals surface area contributed by atoms with Crippen molar-refractivity contribution in [3.05, 3.63) is 70.7 Å². The largest absolute Gasteiger partial charge is 0.302 e. The zero-order valence-electron chi connectivity index (χ0n) is 15.8. The summed E-state index contributed by atoms with van der Waals surface area (Å²) in [5, 5.41) is 13.2. The molecule has 3 aromatic rings. The number of carbonyl (C=O) groups is 1. The number of nitrogens with zero attached hydrogens (tertiary/aromatic N) is 4. The van der Waals surface area contributed by atoms with Gasteiger partial charge in [0.15, 0.2) is 11.0 Å². The molecule has 1 heterocycles. The van der Waals surface area contributed by atoms with Crippen LogP contribution >= 0.6 is 27.7 Å². The van der Waals surface area contributed by atoms with Gasteiger partial charge < -0.3 is 4.57 Å². The number of aromatic nitrogens is 3. The third kappa shape index (κ3) is 6.13. The molecule has 8 heteroatoms. The zero-order chi connectivity index (χ0) is 20.5. The Morgan fingerprint density at radius 1 is 1.14 bits per heavy atom. The first-order valence-corrected chi connectivity index (χ1v) is 10.8. The average Bonchev–Trinajstić information content (AvgIpc) is 3.16. The van der Waals surface area contributed by atoms with Crippen molar-refractivity contribution in [2.45, 2.75) is 18.6 Å². The summed E-state index contributed by atoms with van der Waals surface area (Å²) in [6.07, 6.45) is 3.47. The molecule has 0 aliphatic rings. The monoisotopic (exact) mass is 469 g/mol. The topological polar surface area (TPSA) is 72.2 Å². The maximum Gasteiger partial charge on any atom is 0.250 e. The van der Waals surface area contributed by atoms with E-state index in [9.17, 15) is 4.79 Å². The van der Waals surface area contributed by atoms with E-state index >= 15 is 0 Å². The van der Waals surface area contributed by atoms with E-state index in [1.807, 2.05) is 78.2 Å².